The van der Waals surface area contributed by atoms with Gasteiger partial charge < -0.3 is 9.64 Å². The van der Waals surface area contributed by atoms with E-state index in [1.807, 2.05) is 0 Å². The van der Waals surface area contributed by atoms with Crippen LogP contribution in [0.1, 0.15) is 0 Å². The minimum Gasteiger partial charge on any atom is -0.481 e. The van der Waals surface area contributed by atoms with Crippen molar-refractivity contribution in [2.45, 2.75) is 4.90 Å². The van der Waals surface area contributed by atoms with Gasteiger partial charge in [0.15, 0.2) is 18.2 Å². The molecule has 128 valence electrons. The van der Waals surface area contributed by atoms with Gasteiger partial charge in [0.1, 0.15) is 0 Å². The number of sulfonamides is 1. The minimum atomic E-state index is -3.96. The highest BCUT2D eigenvalue weighted by atomic mass is 32.2. The Bertz CT molecular complexity index is 826. The predicted molar refractivity (Wildman–Crippen MR) is 85.6 cm³/mol. The maximum Gasteiger partial charge on any atom is 0.262 e. The largest absolute Gasteiger partial charge is 0.481 e. The third-order valence-electron chi connectivity index (χ3n) is 2.98. The fourth-order valence-corrected chi connectivity index (χ4v) is 2.73. The standard InChI is InChI=1S/C15H16FN3O4S/c1-19(2)15(20)10-23-14-6-5-12(8-13(14)16)24(21,22)18-11-4-3-7-17-9-11/h3-9,18H,10H2,1-2H3. The second kappa shape index (κ2) is 7.26. The Hall–Kier alpha value is -2.68. The molecular weight excluding hydrogens is 337 g/mol. The van der Waals surface area contributed by atoms with Crippen LogP contribution in [0, 0.1) is 5.82 Å². The van der Waals surface area contributed by atoms with Crippen molar-refractivity contribution in [3.8, 4) is 5.75 Å². The highest BCUT2D eigenvalue weighted by Gasteiger charge is 2.17. The number of aromatic nitrogens is 1. The van der Waals surface area contributed by atoms with Crippen LogP contribution in [0.5, 0.6) is 5.75 Å². The van der Waals surface area contributed by atoms with Crippen molar-refractivity contribution in [2.75, 3.05) is 25.4 Å². The number of hydrogen-bond acceptors (Lipinski definition) is 5. The van der Waals surface area contributed by atoms with E-state index in [0.29, 0.717) is 0 Å². The number of amides is 1. The summed E-state index contributed by atoms with van der Waals surface area (Å²) in [7, 11) is -0.871. The van der Waals surface area contributed by atoms with Gasteiger partial charge in [-0.2, -0.15) is 0 Å². The first-order chi connectivity index (χ1) is 11.3. The van der Waals surface area contributed by atoms with E-state index in [9.17, 15) is 17.6 Å². The third-order valence-corrected chi connectivity index (χ3v) is 4.36. The number of pyridine rings is 1. The van der Waals surface area contributed by atoms with Gasteiger partial charge in [-0.15, -0.1) is 0 Å². The number of hydrogen-bond donors (Lipinski definition) is 1. The summed E-state index contributed by atoms with van der Waals surface area (Å²) in [6.45, 7) is -0.343. The summed E-state index contributed by atoms with van der Waals surface area (Å²) in [6.07, 6.45) is 2.83. The van der Waals surface area contributed by atoms with Crippen LogP contribution < -0.4 is 9.46 Å². The van der Waals surface area contributed by atoms with Gasteiger partial charge in [0.2, 0.25) is 0 Å². The lowest BCUT2D eigenvalue weighted by Gasteiger charge is -2.12. The molecule has 1 aromatic carbocycles. The molecule has 1 amide bonds. The molecule has 9 heteroatoms. The van der Waals surface area contributed by atoms with Gasteiger partial charge in [-0.25, -0.2) is 12.8 Å². The molecule has 0 spiro atoms. The van der Waals surface area contributed by atoms with Gasteiger partial charge >= 0.3 is 0 Å². The third kappa shape index (κ3) is 4.42. The van der Waals surface area contributed by atoms with Crippen molar-refractivity contribution >= 4 is 21.6 Å². The molecule has 0 saturated carbocycles. The Morgan fingerprint density at radius 1 is 1.33 bits per heavy atom. The summed E-state index contributed by atoms with van der Waals surface area (Å²) in [5, 5.41) is 0. The molecule has 0 aliphatic carbocycles. The molecule has 0 aliphatic rings. The van der Waals surface area contributed by atoms with Gasteiger partial charge in [0.25, 0.3) is 15.9 Å². The van der Waals surface area contributed by atoms with E-state index in [-0.39, 0.29) is 28.8 Å². The van der Waals surface area contributed by atoms with E-state index in [1.54, 1.807) is 20.2 Å². The zero-order chi connectivity index (χ0) is 17.7. The van der Waals surface area contributed by atoms with E-state index in [0.717, 1.165) is 12.1 Å². The van der Waals surface area contributed by atoms with Crippen LogP contribution in [-0.2, 0) is 14.8 Å². The normalized spacial score (nSPS) is 11.0. The number of carbonyl (C=O) groups excluding carboxylic acids is 1. The second-order valence-electron chi connectivity index (χ2n) is 5.02. The highest BCUT2D eigenvalue weighted by molar-refractivity contribution is 7.92. The molecule has 0 bridgehead atoms. The lowest BCUT2D eigenvalue weighted by Crippen LogP contribution is -2.27. The van der Waals surface area contributed by atoms with Crippen molar-refractivity contribution in [1.82, 2.24) is 9.88 Å². The van der Waals surface area contributed by atoms with Crippen LogP contribution in [-0.4, -0.2) is 44.9 Å². The maximum absolute atomic E-state index is 14.0. The first kappa shape index (κ1) is 17.7. The molecule has 7 nitrogen and oxygen atoms in total. The van der Waals surface area contributed by atoms with Crippen molar-refractivity contribution in [2.24, 2.45) is 0 Å². The molecule has 1 aromatic heterocycles. The molecule has 0 fully saturated rings. The van der Waals surface area contributed by atoms with E-state index >= 15 is 0 Å². The number of halogens is 1. The van der Waals surface area contributed by atoms with Gasteiger partial charge in [-0.1, -0.05) is 0 Å². The first-order valence-electron chi connectivity index (χ1n) is 6.85. The maximum atomic E-state index is 14.0. The quantitative estimate of drug-likeness (QED) is 0.850. The van der Waals surface area contributed by atoms with Gasteiger partial charge in [-0.05, 0) is 30.3 Å². The lowest BCUT2D eigenvalue weighted by atomic mass is 10.3. The van der Waals surface area contributed by atoms with Crippen molar-refractivity contribution < 1.29 is 22.3 Å². The van der Waals surface area contributed by atoms with Crippen LogP contribution in [0.4, 0.5) is 10.1 Å². The van der Waals surface area contributed by atoms with Crippen molar-refractivity contribution in [3.05, 3.63) is 48.5 Å². The van der Waals surface area contributed by atoms with Crippen LogP contribution in [0.3, 0.4) is 0 Å². The monoisotopic (exact) mass is 353 g/mol. The van der Waals surface area contributed by atoms with Gasteiger partial charge in [0, 0.05) is 20.3 Å². The van der Waals surface area contributed by atoms with Crippen LogP contribution in [0.15, 0.2) is 47.6 Å². The smallest absolute Gasteiger partial charge is 0.262 e. The van der Waals surface area contributed by atoms with Crippen LogP contribution >= 0.6 is 0 Å². The Labute approximate surface area is 139 Å². The van der Waals surface area contributed by atoms with E-state index < -0.39 is 15.8 Å². The number of nitrogens with one attached hydrogen (secondary N) is 1. The predicted octanol–water partition coefficient (Wildman–Crippen LogP) is 1.49. The van der Waals surface area contributed by atoms with E-state index in [2.05, 4.69) is 9.71 Å². The highest BCUT2D eigenvalue weighted by Crippen LogP contribution is 2.22. The fourth-order valence-electron chi connectivity index (χ4n) is 1.67. The summed E-state index contributed by atoms with van der Waals surface area (Å²) in [5.74, 6) is -1.43. The van der Waals surface area contributed by atoms with Gasteiger partial charge in [-0.3, -0.25) is 14.5 Å². The Balaban J connectivity index is 2.15. The van der Waals surface area contributed by atoms with Crippen LogP contribution in [0.25, 0.3) is 0 Å². The molecule has 2 aromatic rings. The average molecular weight is 353 g/mol. The van der Waals surface area contributed by atoms with Crippen LogP contribution in [0.2, 0.25) is 0 Å². The van der Waals surface area contributed by atoms with E-state index in [4.69, 9.17) is 4.74 Å². The Kier molecular flexibility index (Phi) is 5.35. The Morgan fingerprint density at radius 3 is 2.67 bits per heavy atom. The molecule has 0 aliphatic heterocycles. The number of ether oxygens (including phenoxy) is 1. The number of rotatable bonds is 6. The second-order valence-corrected chi connectivity index (χ2v) is 6.70. The van der Waals surface area contributed by atoms with Gasteiger partial charge in [0.05, 0.1) is 16.8 Å². The summed E-state index contributed by atoms with van der Waals surface area (Å²) in [6, 6.07) is 6.27. The zero-order valence-electron chi connectivity index (χ0n) is 13.1. The first-order valence-corrected chi connectivity index (χ1v) is 8.33. The topological polar surface area (TPSA) is 88.6 Å². The molecule has 24 heavy (non-hydrogen) atoms. The number of nitrogens with zero attached hydrogens (tertiary/aromatic N) is 2. The molecule has 1 N–H and O–H groups in total. The SMILES string of the molecule is CN(C)C(=O)COc1ccc(S(=O)(=O)Nc2cccnc2)cc1F. The zero-order valence-corrected chi connectivity index (χ0v) is 13.9. The molecule has 0 radical (unpaired) electrons. The van der Waals surface area contributed by atoms with E-state index in [1.165, 1.54) is 29.4 Å². The summed E-state index contributed by atoms with van der Waals surface area (Å²) < 4.78 is 45.8. The molecule has 0 unspecified atom stereocenters. The molecule has 0 saturated heterocycles. The molecule has 1 heterocycles. The minimum absolute atomic E-state index is 0.203. The molecule has 2 rings (SSSR count). The number of carbonyl (C=O) groups is 1. The molecular formula is C15H16FN3O4S. The number of anilines is 1. The fraction of sp³-hybridized carbons (Fsp3) is 0.200. The Morgan fingerprint density at radius 2 is 2.08 bits per heavy atom. The number of benzene rings is 1. The molecule has 0 atom stereocenters. The number of likely N-dealkylation sites (N-methyl/N-ethyl adjacent to an activating group) is 1. The van der Waals surface area contributed by atoms with Crippen molar-refractivity contribution in [3.63, 3.8) is 0 Å². The average Bonchev–Trinajstić information content (AvgIpc) is 2.53. The van der Waals surface area contributed by atoms with Crippen molar-refractivity contribution in [1.29, 1.82) is 0 Å². The summed E-state index contributed by atoms with van der Waals surface area (Å²) in [4.78, 5) is 16.2. The summed E-state index contributed by atoms with van der Waals surface area (Å²) in [5.41, 5.74) is 0.259. The summed E-state index contributed by atoms with van der Waals surface area (Å²) >= 11 is 0. The lowest BCUT2D eigenvalue weighted by molar-refractivity contribution is -0.130.